The summed E-state index contributed by atoms with van der Waals surface area (Å²) in [5, 5.41) is 2.89. The van der Waals surface area contributed by atoms with Crippen LogP contribution in [0.15, 0.2) is 22.7 Å². The van der Waals surface area contributed by atoms with Crippen LogP contribution in [-0.4, -0.2) is 39.4 Å². The van der Waals surface area contributed by atoms with Crippen molar-refractivity contribution in [3.05, 3.63) is 33.8 Å². The molecule has 5 heteroatoms. The molecule has 0 aromatic heterocycles. The average Bonchev–Trinajstić information content (AvgIpc) is 2.40. The smallest absolute Gasteiger partial charge is 0.251 e. The maximum Gasteiger partial charge on any atom is 0.251 e. The van der Waals surface area contributed by atoms with Crippen molar-refractivity contribution in [3.8, 4) is 0 Å². The van der Waals surface area contributed by atoms with Gasteiger partial charge in [0, 0.05) is 30.3 Å². The molecule has 0 radical (unpaired) electrons. The predicted molar refractivity (Wildman–Crippen MR) is 78.5 cm³/mol. The summed E-state index contributed by atoms with van der Waals surface area (Å²) >= 11 is 3.37. The third-order valence-corrected chi connectivity index (χ3v) is 3.12. The first-order valence-corrected chi connectivity index (χ1v) is 7.05. The molecule has 1 amide bonds. The number of halogens is 1. The van der Waals surface area contributed by atoms with Crippen LogP contribution in [0.1, 0.15) is 22.3 Å². The van der Waals surface area contributed by atoms with E-state index in [1.807, 2.05) is 25.1 Å². The highest BCUT2D eigenvalue weighted by atomic mass is 79.9. The van der Waals surface area contributed by atoms with Gasteiger partial charge in [0.15, 0.2) is 0 Å². The van der Waals surface area contributed by atoms with Crippen LogP contribution in [0.2, 0.25) is 0 Å². The van der Waals surface area contributed by atoms with E-state index in [9.17, 15) is 4.79 Å². The Morgan fingerprint density at radius 2 is 2.11 bits per heavy atom. The zero-order valence-electron chi connectivity index (χ0n) is 11.4. The molecule has 0 aliphatic carbocycles. The monoisotopic (exact) mass is 329 g/mol. The number of nitrogens with one attached hydrogen (secondary N) is 1. The first-order valence-electron chi connectivity index (χ1n) is 6.26. The van der Waals surface area contributed by atoms with E-state index in [-0.39, 0.29) is 5.91 Å². The Bertz CT molecular complexity index is 410. The predicted octanol–water partition coefficient (Wildman–Crippen LogP) is 2.54. The van der Waals surface area contributed by atoms with Crippen LogP contribution in [0, 0.1) is 6.92 Å². The van der Waals surface area contributed by atoms with Crippen molar-refractivity contribution in [2.45, 2.75) is 13.3 Å². The minimum Gasteiger partial charge on any atom is -0.382 e. The summed E-state index contributed by atoms with van der Waals surface area (Å²) in [6.07, 6.45) is 0.794. The second kappa shape index (κ2) is 9.07. The number of aryl methyl sites for hydroxylation is 1. The molecule has 0 aliphatic rings. The number of carbonyl (C=O) groups excluding carboxylic acids is 1. The Balaban J connectivity index is 2.26. The van der Waals surface area contributed by atoms with Gasteiger partial charge in [0.25, 0.3) is 5.91 Å². The van der Waals surface area contributed by atoms with Crippen LogP contribution >= 0.6 is 15.9 Å². The molecule has 0 saturated carbocycles. The van der Waals surface area contributed by atoms with Crippen molar-refractivity contribution >= 4 is 21.8 Å². The summed E-state index contributed by atoms with van der Waals surface area (Å²) in [4.78, 5) is 12.0. The van der Waals surface area contributed by atoms with Gasteiger partial charge in [-0.3, -0.25) is 4.79 Å². The minimum absolute atomic E-state index is 0.0457. The molecular weight excluding hydrogens is 310 g/mol. The third-order valence-electron chi connectivity index (χ3n) is 2.63. The van der Waals surface area contributed by atoms with Gasteiger partial charge in [0.1, 0.15) is 0 Å². The lowest BCUT2D eigenvalue weighted by molar-refractivity contribution is 0.0688. The van der Waals surface area contributed by atoms with Gasteiger partial charge in [-0.25, -0.2) is 0 Å². The van der Waals surface area contributed by atoms with Crippen LogP contribution < -0.4 is 5.32 Å². The fourth-order valence-electron chi connectivity index (χ4n) is 1.55. The molecule has 1 aromatic rings. The second-order valence-electron chi connectivity index (χ2n) is 4.17. The maximum absolute atomic E-state index is 12.0. The number of ether oxygens (including phenoxy) is 2. The molecule has 0 saturated heterocycles. The van der Waals surface area contributed by atoms with Crippen LogP contribution in [0.4, 0.5) is 0 Å². The molecule has 4 nitrogen and oxygen atoms in total. The van der Waals surface area contributed by atoms with E-state index in [1.165, 1.54) is 0 Å². The number of amides is 1. The molecule has 1 aromatic carbocycles. The Kier molecular flexibility index (Phi) is 7.70. The molecule has 0 atom stereocenters. The van der Waals surface area contributed by atoms with E-state index in [1.54, 1.807) is 7.11 Å². The number of carbonyl (C=O) groups is 1. The summed E-state index contributed by atoms with van der Waals surface area (Å²) < 4.78 is 11.1. The third kappa shape index (κ3) is 6.18. The topological polar surface area (TPSA) is 47.6 Å². The van der Waals surface area contributed by atoms with Crippen molar-refractivity contribution in [2.75, 3.05) is 33.5 Å². The van der Waals surface area contributed by atoms with Crippen molar-refractivity contribution < 1.29 is 14.3 Å². The Morgan fingerprint density at radius 3 is 2.84 bits per heavy atom. The molecular formula is C14H20BrNO3. The van der Waals surface area contributed by atoms with Crippen LogP contribution in [0.3, 0.4) is 0 Å². The minimum atomic E-state index is -0.0457. The summed E-state index contributed by atoms with van der Waals surface area (Å²) in [5.74, 6) is -0.0457. The molecule has 19 heavy (non-hydrogen) atoms. The maximum atomic E-state index is 12.0. The number of methoxy groups -OCH3 is 1. The zero-order chi connectivity index (χ0) is 14.1. The Hall–Kier alpha value is -0.910. The van der Waals surface area contributed by atoms with Gasteiger partial charge in [-0.15, -0.1) is 0 Å². The summed E-state index contributed by atoms with van der Waals surface area (Å²) in [7, 11) is 1.64. The standard InChI is InChI=1S/C14H20BrNO3/c1-11-4-5-12(15)10-13(11)14(17)16-6-3-7-19-9-8-18-2/h4-5,10H,3,6-9H2,1-2H3,(H,16,17). The first kappa shape index (κ1) is 16.1. The van der Waals surface area contributed by atoms with E-state index in [2.05, 4.69) is 21.2 Å². The molecule has 1 N–H and O–H groups in total. The van der Waals surface area contributed by atoms with Crippen molar-refractivity contribution in [3.63, 3.8) is 0 Å². The fraction of sp³-hybridized carbons (Fsp3) is 0.500. The zero-order valence-corrected chi connectivity index (χ0v) is 13.0. The van der Waals surface area contributed by atoms with Gasteiger partial charge in [-0.05, 0) is 31.0 Å². The van der Waals surface area contributed by atoms with Gasteiger partial charge in [-0.1, -0.05) is 22.0 Å². The molecule has 0 bridgehead atoms. The highest BCUT2D eigenvalue weighted by molar-refractivity contribution is 9.10. The number of benzene rings is 1. The van der Waals surface area contributed by atoms with Crippen molar-refractivity contribution in [2.24, 2.45) is 0 Å². The van der Waals surface area contributed by atoms with Gasteiger partial charge in [-0.2, -0.15) is 0 Å². The molecule has 0 fully saturated rings. The molecule has 106 valence electrons. The quantitative estimate of drug-likeness (QED) is 0.745. The Labute approximate surface area is 122 Å². The van der Waals surface area contributed by atoms with Gasteiger partial charge in [0.2, 0.25) is 0 Å². The lowest BCUT2D eigenvalue weighted by atomic mass is 10.1. The van der Waals surface area contributed by atoms with E-state index in [0.717, 1.165) is 16.5 Å². The van der Waals surface area contributed by atoms with E-state index in [4.69, 9.17) is 9.47 Å². The van der Waals surface area contributed by atoms with Crippen molar-refractivity contribution in [1.82, 2.24) is 5.32 Å². The fourth-order valence-corrected chi connectivity index (χ4v) is 1.92. The molecule has 1 rings (SSSR count). The summed E-state index contributed by atoms with van der Waals surface area (Å²) in [5.41, 5.74) is 1.67. The number of hydrogen-bond acceptors (Lipinski definition) is 3. The highest BCUT2D eigenvalue weighted by Gasteiger charge is 2.08. The van der Waals surface area contributed by atoms with Crippen LogP contribution in [0.5, 0.6) is 0 Å². The molecule has 0 spiro atoms. The lowest BCUT2D eigenvalue weighted by Gasteiger charge is -2.08. The summed E-state index contributed by atoms with van der Waals surface area (Å²) in [6.45, 7) is 4.35. The SMILES string of the molecule is COCCOCCCNC(=O)c1cc(Br)ccc1C. The van der Waals surface area contributed by atoms with E-state index < -0.39 is 0 Å². The first-order chi connectivity index (χ1) is 9.15. The van der Waals surface area contributed by atoms with Crippen LogP contribution in [-0.2, 0) is 9.47 Å². The average molecular weight is 330 g/mol. The Morgan fingerprint density at radius 1 is 1.32 bits per heavy atom. The molecule has 0 unspecified atom stereocenters. The van der Waals surface area contributed by atoms with Gasteiger partial charge < -0.3 is 14.8 Å². The van der Waals surface area contributed by atoms with Gasteiger partial charge in [0.05, 0.1) is 13.2 Å². The second-order valence-corrected chi connectivity index (χ2v) is 5.09. The van der Waals surface area contributed by atoms with Gasteiger partial charge >= 0.3 is 0 Å². The summed E-state index contributed by atoms with van der Waals surface area (Å²) in [6, 6.07) is 5.68. The highest BCUT2D eigenvalue weighted by Crippen LogP contribution is 2.15. The number of rotatable bonds is 8. The van der Waals surface area contributed by atoms with E-state index >= 15 is 0 Å². The number of hydrogen-bond donors (Lipinski definition) is 1. The normalized spacial score (nSPS) is 10.5. The van der Waals surface area contributed by atoms with E-state index in [0.29, 0.717) is 31.9 Å². The van der Waals surface area contributed by atoms with Crippen molar-refractivity contribution in [1.29, 1.82) is 0 Å². The molecule has 0 aliphatic heterocycles. The molecule has 0 heterocycles. The largest absolute Gasteiger partial charge is 0.382 e. The lowest BCUT2D eigenvalue weighted by Crippen LogP contribution is -2.26. The van der Waals surface area contributed by atoms with Crippen LogP contribution in [0.25, 0.3) is 0 Å².